The molecule has 1 N–H and O–H groups in total. The second-order valence-electron chi connectivity index (χ2n) is 5.76. The number of benzene rings is 1. The monoisotopic (exact) mass is 277 g/mol. The van der Waals surface area contributed by atoms with Crippen molar-refractivity contribution in [2.75, 3.05) is 12.8 Å². The Hall–Kier alpha value is -0.470. The van der Waals surface area contributed by atoms with Gasteiger partial charge in [-0.2, -0.15) is 0 Å². The molecule has 106 valence electrons. The molecule has 0 bridgehead atoms. The summed E-state index contributed by atoms with van der Waals surface area (Å²) in [6.45, 7) is 3.47. The van der Waals surface area contributed by atoms with Crippen molar-refractivity contribution in [3.05, 3.63) is 29.8 Å². The molecule has 1 saturated carbocycles. The maximum absolute atomic E-state index is 3.73. The summed E-state index contributed by atoms with van der Waals surface area (Å²) in [7, 11) is 0. The van der Waals surface area contributed by atoms with Gasteiger partial charge in [-0.3, -0.25) is 0 Å². The van der Waals surface area contributed by atoms with Crippen molar-refractivity contribution in [3.63, 3.8) is 0 Å². The van der Waals surface area contributed by atoms with Gasteiger partial charge in [0.2, 0.25) is 0 Å². The molecule has 2 heteroatoms. The van der Waals surface area contributed by atoms with E-state index in [9.17, 15) is 0 Å². The van der Waals surface area contributed by atoms with E-state index in [-0.39, 0.29) is 0 Å². The number of rotatable bonds is 5. The molecular weight excluding hydrogens is 250 g/mol. The molecule has 1 nitrogen and oxygen atoms in total. The minimum atomic E-state index is 0.471. The summed E-state index contributed by atoms with van der Waals surface area (Å²) in [4.78, 5) is 1.35. The molecule has 1 aromatic carbocycles. The maximum Gasteiger partial charge on any atom is 0.0291 e. The Morgan fingerprint density at radius 2 is 1.74 bits per heavy atom. The lowest BCUT2D eigenvalue weighted by Gasteiger charge is -2.20. The van der Waals surface area contributed by atoms with Crippen molar-refractivity contribution >= 4 is 11.8 Å². The van der Waals surface area contributed by atoms with Gasteiger partial charge in [-0.05, 0) is 56.2 Å². The quantitative estimate of drug-likeness (QED) is 0.598. The van der Waals surface area contributed by atoms with E-state index in [0.29, 0.717) is 6.04 Å². The first-order valence-corrected chi connectivity index (χ1v) is 8.89. The van der Waals surface area contributed by atoms with Crippen LogP contribution in [0.3, 0.4) is 0 Å². The van der Waals surface area contributed by atoms with Crippen LogP contribution in [0.2, 0.25) is 0 Å². The number of nitrogens with one attached hydrogen (secondary N) is 1. The predicted octanol–water partition coefficient (Wildman–Crippen LogP) is 5.03. The first-order chi connectivity index (χ1) is 9.29. The van der Waals surface area contributed by atoms with E-state index in [1.807, 2.05) is 11.8 Å². The molecule has 2 rings (SSSR count). The molecule has 1 aromatic rings. The summed E-state index contributed by atoms with van der Waals surface area (Å²) < 4.78 is 0. The summed E-state index contributed by atoms with van der Waals surface area (Å²) >= 11 is 1.81. The summed E-state index contributed by atoms with van der Waals surface area (Å²) in [5.74, 6) is 0.899. The molecule has 0 saturated heterocycles. The van der Waals surface area contributed by atoms with Crippen LogP contribution >= 0.6 is 11.8 Å². The second-order valence-corrected chi connectivity index (χ2v) is 6.64. The number of thioether (sulfide) groups is 1. The van der Waals surface area contributed by atoms with Crippen molar-refractivity contribution in [3.8, 4) is 0 Å². The van der Waals surface area contributed by atoms with Crippen LogP contribution in [0.4, 0.5) is 0 Å². The van der Waals surface area contributed by atoms with Gasteiger partial charge < -0.3 is 5.32 Å². The van der Waals surface area contributed by atoms with Crippen LogP contribution < -0.4 is 5.32 Å². The third kappa shape index (κ3) is 4.85. The van der Waals surface area contributed by atoms with E-state index in [1.54, 1.807) is 0 Å². The third-order valence-corrected chi connectivity index (χ3v) is 5.05. The van der Waals surface area contributed by atoms with Crippen molar-refractivity contribution in [1.29, 1.82) is 0 Å². The van der Waals surface area contributed by atoms with Crippen LogP contribution in [-0.2, 0) is 0 Å². The van der Waals surface area contributed by atoms with E-state index in [1.165, 1.54) is 55.5 Å². The minimum absolute atomic E-state index is 0.471. The maximum atomic E-state index is 3.73. The van der Waals surface area contributed by atoms with Gasteiger partial charge in [-0.15, -0.1) is 11.8 Å². The largest absolute Gasteiger partial charge is 0.310 e. The minimum Gasteiger partial charge on any atom is -0.310 e. The van der Waals surface area contributed by atoms with E-state index in [0.717, 1.165) is 5.92 Å². The zero-order chi connectivity index (χ0) is 13.5. The average molecular weight is 277 g/mol. The van der Waals surface area contributed by atoms with Gasteiger partial charge in [0.05, 0.1) is 0 Å². The normalized spacial score (nSPS) is 19.1. The average Bonchev–Trinajstić information content (AvgIpc) is 2.73. The molecule has 0 spiro atoms. The fourth-order valence-corrected chi connectivity index (χ4v) is 3.33. The van der Waals surface area contributed by atoms with Gasteiger partial charge in [0, 0.05) is 10.9 Å². The van der Waals surface area contributed by atoms with Crippen molar-refractivity contribution in [1.82, 2.24) is 5.32 Å². The molecule has 0 heterocycles. The summed E-state index contributed by atoms with van der Waals surface area (Å²) in [5.41, 5.74) is 1.41. The topological polar surface area (TPSA) is 12.0 Å². The van der Waals surface area contributed by atoms with Crippen LogP contribution in [0.1, 0.15) is 57.1 Å². The van der Waals surface area contributed by atoms with Crippen LogP contribution in [0, 0.1) is 5.92 Å². The predicted molar refractivity (Wildman–Crippen MR) is 85.8 cm³/mol. The van der Waals surface area contributed by atoms with Gasteiger partial charge >= 0.3 is 0 Å². The van der Waals surface area contributed by atoms with Gasteiger partial charge in [0.1, 0.15) is 0 Å². The van der Waals surface area contributed by atoms with E-state index < -0.39 is 0 Å². The van der Waals surface area contributed by atoms with E-state index >= 15 is 0 Å². The Balaban J connectivity index is 1.80. The molecule has 1 fully saturated rings. The highest BCUT2D eigenvalue weighted by molar-refractivity contribution is 7.98. The Kier molecular flexibility index (Phi) is 6.25. The fraction of sp³-hybridized carbons (Fsp3) is 0.647. The highest BCUT2D eigenvalue weighted by Crippen LogP contribution is 2.23. The lowest BCUT2D eigenvalue weighted by atomic mass is 9.99. The Morgan fingerprint density at radius 3 is 2.32 bits per heavy atom. The summed E-state index contributed by atoms with van der Waals surface area (Å²) in [6.07, 6.45) is 10.7. The van der Waals surface area contributed by atoms with Crippen LogP contribution in [-0.4, -0.2) is 12.8 Å². The lowest BCUT2D eigenvalue weighted by molar-refractivity contribution is 0.403. The van der Waals surface area contributed by atoms with Gasteiger partial charge in [-0.25, -0.2) is 0 Å². The Morgan fingerprint density at radius 1 is 1.11 bits per heavy atom. The molecular formula is C17H27NS. The SMILES string of the molecule is CSc1ccc(C(C)NCC2CCCCCC2)cc1. The molecule has 1 atom stereocenters. The second kappa shape index (κ2) is 7.96. The lowest BCUT2D eigenvalue weighted by Crippen LogP contribution is -2.25. The molecule has 1 aliphatic rings. The van der Waals surface area contributed by atoms with Crippen molar-refractivity contribution in [2.45, 2.75) is 56.4 Å². The van der Waals surface area contributed by atoms with Gasteiger partial charge in [0.15, 0.2) is 0 Å². The molecule has 0 radical (unpaired) electrons. The first kappa shape index (κ1) is 14.9. The Bertz CT molecular complexity index is 352. The highest BCUT2D eigenvalue weighted by atomic mass is 32.2. The van der Waals surface area contributed by atoms with Crippen molar-refractivity contribution < 1.29 is 0 Å². The van der Waals surface area contributed by atoms with Crippen LogP contribution in [0.25, 0.3) is 0 Å². The van der Waals surface area contributed by atoms with E-state index in [4.69, 9.17) is 0 Å². The zero-order valence-electron chi connectivity index (χ0n) is 12.3. The summed E-state index contributed by atoms with van der Waals surface area (Å²) in [6, 6.07) is 9.44. The third-order valence-electron chi connectivity index (χ3n) is 4.30. The molecule has 0 aliphatic heterocycles. The van der Waals surface area contributed by atoms with Crippen LogP contribution in [0.5, 0.6) is 0 Å². The molecule has 0 aromatic heterocycles. The van der Waals surface area contributed by atoms with Gasteiger partial charge in [-0.1, -0.05) is 37.8 Å². The zero-order valence-corrected chi connectivity index (χ0v) is 13.1. The highest BCUT2D eigenvalue weighted by Gasteiger charge is 2.13. The smallest absolute Gasteiger partial charge is 0.0291 e. The Labute approximate surface area is 122 Å². The number of hydrogen-bond donors (Lipinski definition) is 1. The first-order valence-electron chi connectivity index (χ1n) is 7.67. The standard InChI is InChI=1S/C17H27NS/c1-14(16-9-11-17(19-2)12-10-16)18-13-15-7-5-3-4-6-8-15/h9-12,14-15,18H,3-8,13H2,1-2H3. The van der Waals surface area contributed by atoms with E-state index in [2.05, 4.69) is 42.8 Å². The molecule has 1 unspecified atom stereocenters. The van der Waals surface area contributed by atoms with Crippen molar-refractivity contribution in [2.24, 2.45) is 5.92 Å². The van der Waals surface area contributed by atoms with Gasteiger partial charge in [0.25, 0.3) is 0 Å². The molecule has 0 amide bonds. The molecule has 1 aliphatic carbocycles. The fourth-order valence-electron chi connectivity index (χ4n) is 2.92. The summed E-state index contributed by atoms with van der Waals surface area (Å²) in [5, 5.41) is 3.73. The van der Waals surface area contributed by atoms with Crippen LogP contribution in [0.15, 0.2) is 29.2 Å². The number of hydrogen-bond acceptors (Lipinski definition) is 2. The molecule has 19 heavy (non-hydrogen) atoms.